The summed E-state index contributed by atoms with van der Waals surface area (Å²) in [6.45, 7) is 31.2. The molecule has 20 aromatic rings. The zero-order valence-corrected chi connectivity index (χ0v) is 86.0. The van der Waals surface area contributed by atoms with Gasteiger partial charge in [0, 0.05) is 182 Å². The highest BCUT2D eigenvalue weighted by Gasteiger charge is 2.32. The van der Waals surface area contributed by atoms with Crippen molar-refractivity contribution in [3.8, 4) is 56.3 Å². The van der Waals surface area contributed by atoms with Crippen molar-refractivity contribution in [3.63, 3.8) is 0 Å². The van der Waals surface area contributed by atoms with Gasteiger partial charge < -0.3 is 22.1 Å². The Morgan fingerprint density at radius 2 is 0.631 bits per heavy atom. The van der Waals surface area contributed by atoms with Crippen LogP contribution in [-0.4, -0.2) is 24.9 Å². The van der Waals surface area contributed by atoms with E-state index in [0.29, 0.717) is 100 Å². The molecule has 2 saturated carbocycles. The van der Waals surface area contributed by atoms with Crippen LogP contribution in [0, 0.1) is 47.0 Å². The Labute approximate surface area is 857 Å². The zero-order chi connectivity index (χ0) is 115. The number of furan rings is 5. The van der Waals surface area contributed by atoms with Gasteiger partial charge in [0.05, 0.1) is 27.8 Å². The molecule has 15 nitrogen and oxygen atoms in total. The Hall–Kier alpha value is -13.4. The molecule has 722 valence electrons. The Morgan fingerprint density at radius 1 is 0.333 bits per heavy atom. The van der Waals surface area contributed by atoms with E-state index in [1.165, 1.54) is 41.7 Å². The van der Waals surface area contributed by atoms with Gasteiger partial charge in [-0.2, -0.15) is 0 Å². The number of hydrogen-bond acceptors (Lipinski definition) is 10. The van der Waals surface area contributed by atoms with Crippen LogP contribution in [-0.2, 0) is 47.1 Å². The third-order valence-corrected chi connectivity index (χ3v) is 27.7. The van der Waals surface area contributed by atoms with Gasteiger partial charge >= 0.3 is 0 Å². The first-order chi connectivity index (χ1) is 74.3. The van der Waals surface area contributed by atoms with Gasteiger partial charge in [-0.3, -0.25) is 0 Å². The van der Waals surface area contributed by atoms with Crippen LogP contribution in [0.2, 0.25) is 0 Å². The minimum absolute atomic E-state index is 0.00890. The molecule has 0 saturated heterocycles. The number of rotatable bonds is 13. The summed E-state index contributed by atoms with van der Waals surface area (Å²) in [4.78, 5) is 23.2. The highest BCUT2D eigenvalue weighted by atomic mass is 16.4. The van der Waals surface area contributed by atoms with Crippen molar-refractivity contribution in [1.29, 1.82) is 0 Å². The van der Waals surface area contributed by atoms with E-state index < -0.39 is 62.8 Å². The minimum Gasteiger partial charge on any atom is -0.437 e. The number of fused-ring (bicyclic) bond motifs is 15. The molecular weight excluding hydrogens is 1730 g/mol. The van der Waals surface area contributed by atoms with Crippen molar-refractivity contribution < 1.29 is 69.6 Å². The smallest absolute Gasteiger partial charge is 0.227 e. The second-order valence-corrected chi connectivity index (χ2v) is 41.1. The van der Waals surface area contributed by atoms with Gasteiger partial charge in [-0.15, -0.1) is 0 Å². The lowest BCUT2D eigenvalue weighted by Crippen LogP contribution is -2.31. The lowest BCUT2D eigenvalue weighted by atomic mass is 9.86. The molecule has 0 spiro atoms. The van der Waals surface area contributed by atoms with E-state index in [0.717, 1.165) is 166 Å². The van der Waals surface area contributed by atoms with Gasteiger partial charge in [0.1, 0.15) is 35.2 Å². The number of pyridine rings is 10. The van der Waals surface area contributed by atoms with Crippen LogP contribution < -0.4 is 22.8 Å². The number of benzene rings is 5. The van der Waals surface area contributed by atoms with Crippen molar-refractivity contribution in [3.05, 3.63) is 297 Å². The number of nitrogens with zero attached hydrogens (tertiary/aromatic N) is 10. The molecule has 2 fully saturated rings. The molecule has 141 heavy (non-hydrogen) atoms. The van der Waals surface area contributed by atoms with Crippen molar-refractivity contribution in [2.24, 2.45) is 40.7 Å². The van der Waals surface area contributed by atoms with E-state index in [9.17, 15) is 0 Å². The van der Waals surface area contributed by atoms with Crippen molar-refractivity contribution >= 4 is 110 Å². The minimum atomic E-state index is -2.68. The van der Waals surface area contributed by atoms with Gasteiger partial charge in [-0.05, 0) is 227 Å². The highest BCUT2D eigenvalue weighted by Crippen LogP contribution is 2.46. The standard InChI is InChI=1S/C27H31N2O.C26H29N2O.C26H31N2O.C25H29N2O.C22H23N2O/c1-17(2)20-11-15-24(29(4)16-20)25-18(3)10-12-21-22-13-14-23(19-8-6-5-7-9-19)28-27(22)30-26(21)25;1-16(2)19-10-14-23(28(4)15-19)24-17(3)9-11-20-21-12-13-22(18-7-5-6-8-18)27-26(21)29-25(20)24;1-16(2)18-9-13-22(28(7)15-18)23-17(3)8-11-20-21-12-10-19(14-26(4,5)6)27-25(21)29-24(20)23;1-15(2)17-9-12-20(27(7)14-17)22-16(3)8-10-18-19-11-13-21(25(4,5)6)26-24(19)28-23(18)22;1-13(2)16-8-11-19(24(5)12-16)20-14(3)6-9-17-18-10-7-15(4)23-22(18)25-21(17)20/h10-17,19H,5-9H2,1-4H3;9-16,18H,5-8H2,1-4H3;8-13,15-16H,14H2,1-7H3;8-15H,1-7H3;6-13H,1-5H3/q5*+1/i8D2,9D2,19D;7D2,18D;4D3,5D3;;1D3,13D. The van der Waals surface area contributed by atoms with Crippen LogP contribution in [0.25, 0.3) is 167 Å². The molecule has 0 amide bonds. The summed E-state index contributed by atoms with van der Waals surface area (Å²) >= 11 is 0. The average molecular weight is 1900 g/mol. The quantitative estimate of drug-likeness (QED) is 0.102. The van der Waals surface area contributed by atoms with E-state index in [4.69, 9.17) is 51.7 Å². The lowest BCUT2D eigenvalue weighted by molar-refractivity contribution is -0.661. The molecule has 22 rings (SSSR count). The molecule has 2 unspecified atom stereocenters. The lowest BCUT2D eigenvalue weighted by Gasteiger charge is -2.20. The summed E-state index contributed by atoms with van der Waals surface area (Å²) in [5.74, 6) is -3.36. The summed E-state index contributed by atoms with van der Waals surface area (Å²) in [6.07, 6.45) is 6.69. The van der Waals surface area contributed by atoms with Crippen molar-refractivity contribution in [1.82, 2.24) is 24.9 Å². The summed E-state index contributed by atoms with van der Waals surface area (Å²) in [6, 6.07) is 60.4. The van der Waals surface area contributed by atoms with Crippen LogP contribution >= 0.6 is 0 Å². The molecule has 0 aliphatic heterocycles. The Bertz CT molecular complexity index is 9060. The third kappa shape index (κ3) is 19.7. The van der Waals surface area contributed by atoms with Gasteiger partial charge in [0.15, 0.2) is 58.9 Å². The molecule has 2 aliphatic carbocycles. The fraction of sp³-hybridized carbons (Fsp3) is 0.365. The zero-order valence-electron chi connectivity index (χ0n) is 104. The molecular formula is C126H143N10O5+5. The summed E-state index contributed by atoms with van der Waals surface area (Å²) in [5, 5.41) is 9.40. The maximum absolute atomic E-state index is 9.01. The highest BCUT2D eigenvalue weighted by molar-refractivity contribution is 6.13. The van der Waals surface area contributed by atoms with Crippen LogP contribution in [0.3, 0.4) is 0 Å². The molecule has 5 aromatic carbocycles. The van der Waals surface area contributed by atoms with Crippen LogP contribution in [0.5, 0.6) is 0 Å². The molecule has 15 heteroatoms. The summed E-state index contributed by atoms with van der Waals surface area (Å²) < 4.78 is 189. The van der Waals surface area contributed by atoms with Crippen LogP contribution in [0.15, 0.2) is 235 Å². The first-order valence-corrected chi connectivity index (χ1v) is 49.4. The number of aryl methyl sites for hydroxylation is 11. The predicted octanol–water partition coefficient (Wildman–Crippen LogP) is 31.4. The monoisotopic (exact) mass is 1890 g/mol. The molecule has 15 heterocycles. The Morgan fingerprint density at radius 3 is 0.965 bits per heavy atom. The summed E-state index contributed by atoms with van der Waals surface area (Å²) in [5.41, 5.74) is 28.4. The molecule has 15 aromatic heterocycles. The van der Waals surface area contributed by atoms with E-state index in [-0.39, 0.29) is 30.4 Å². The fourth-order valence-electron chi connectivity index (χ4n) is 19.6. The fourth-order valence-corrected chi connectivity index (χ4v) is 19.6. The van der Waals surface area contributed by atoms with Crippen LogP contribution in [0.4, 0.5) is 0 Å². The van der Waals surface area contributed by atoms with Crippen molar-refractivity contribution in [2.45, 2.75) is 263 Å². The number of hydrogen-bond donors (Lipinski definition) is 0. The second kappa shape index (κ2) is 39.6. The predicted molar refractivity (Wildman–Crippen MR) is 578 cm³/mol. The topological polar surface area (TPSA) is 150 Å². The van der Waals surface area contributed by atoms with Gasteiger partial charge in [0.2, 0.25) is 57.0 Å². The van der Waals surface area contributed by atoms with E-state index in [1.54, 1.807) is 30.5 Å². The second-order valence-electron chi connectivity index (χ2n) is 41.1. The van der Waals surface area contributed by atoms with Crippen molar-refractivity contribution in [2.75, 3.05) is 0 Å². The van der Waals surface area contributed by atoms with E-state index in [2.05, 4.69) is 270 Å². The largest absolute Gasteiger partial charge is 0.437 e. The SMILES string of the molecule is Cc1ccc2c(oc3nc(C(C)(C)C)ccc32)c1-c1ccc(C(C)C)c[n+]1C.[2H]C([2H])([2H])C(C)(Cc1ccc2c(n1)oc1c(-c3ccc(C(C)C)c[n+]3C)c(C)ccc12)C([2H])([2H])[2H].[2H]C([2H])([2H])C([2H])(C)c1ccc(-c2c(C)ccc3c2oc2nc(C)ccc23)[n+](C)c1.[2H]C1([2H])CCCC([2H])([2H])C1([2H])c1ccc2c(n1)oc1c(-c3ccc(C(C)C)c[n+]3C)c(C)ccc12.[2H]C1([2H])CCCC1([2H])c1ccc2c(n1)oc1c(-c3ccc(C(C)C)c[n+]3C)c(C)ccc12. The van der Waals surface area contributed by atoms with E-state index in [1.807, 2.05) is 108 Å². The molecule has 0 N–H and O–H groups in total. The summed E-state index contributed by atoms with van der Waals surface area (Å²) in [7, 11) is 10.1. The number of aromatic nitrogens is 10. The molecule has 2 aliphatic rings. The molecule has 0 radical (unpaired) electrons. The Balaban J connectivity index is 0.000000129. The third-order valence-electron chi connectivity index (χ3n) is 27.7. The van der Waals surface area contributed by atoms with Gasteiger partial charge in [0.25, 0.3) is 0 Å². The average Bonchev–Trinajstić information content (AvgIpc) is 1.70. The van der Waals surface area contributed by atoms with Crippen LogP contribution in [0.1, 0.15) is 318 Å². The van der Waals surface area contributed by atoms with E-state index >= 15 is 0 Å². The maximum Gasteiger partial charge on any atom is 0.227 e. The first-order valence-electron chi connectivity index (χ1n) is 58.4. The normalized spacial score (nSPS) is 18.3. The van der Waals surface area contributed by atoms with Gasteiger partial charge in [-0.25, -0.2) is 47.8 Å². The Kier molecular flexibility index (Phi) is 21.7. The molecule has 2 atom stereocenters. The van der Waals surface area contributed by atoms with Gasteiger partial charge in [-0.1, -0.05) is 203 Å². The maximum atomic E-state index is 9.01. The first kappa shape index (κ1) is 77.4. The molecule has 0 bridgehead atoms.